The SMILES string of the molecule is CN(CC(C)(C)C)C(=O)COC1(C)CNC1. The number of nitrogens with zero attached hydrogens (tertiary/aromatic N) is 1. The molecule has 4 nitrogen and oxygen atoms in total. The Hall–Kier alpha value is -0.610. The van der Waals surface area contributed by atoms with Gasteiger partial charge in [-0.05, 0) is 12.3 Å². The zero-order valence-corrected chi connectivity index (χ0v) is 11.1. The molecule has 0 aliphatic carbocycles. The average molecular weight is 228 g/mol. The topological polar surface area (TPSA) is 41.6 Å². The van der Waals surface area contributed by atoms with Gasteiger partial charge in [-0.3, -0.25) is 4.79 Å². The quantitative estimate of drug-likeness (QED) is 0.776. The molecule has 1 fully saturated rings. The Balaban J connectivity index is 2.29. The molecular weight excluding hydrogens is 204 g/mol. The largest absolute Gasteiger partial charge is 0.363 e. The molecule has 1 saturated heterocycles. The lowest BCUT2D eigenvalue weighted by Crippen LogP contribution is -2.59. The van der Waals surface area contributed by atoms with Gasteiger partial charge >= 0.3 is 0 Å². The first kappa shape index (κ1) is 13.5. The van der Waals surface area contributed by atoms with E-state index in [2.05, 4.69) is 26.1 Å². The van der Waals surface area contributed by atoms with Crippen LogP contribution in [0.3, 0.4) is 0 Å². The van der Waals surface area contributed by atoms with Crippen molar-refractivity contribution in [1.29, 1.82) is 0 Å². The molecule has 1 amide bonds. The molecule has 0 bridgehead atoms. The summed E-state index contributed by atoms with van der Waals surface area (Å²) in [6.07, 6.45) is 0. The van der Waals surface area contributed by atoms with E-state index >= 15 is 0 Å². The molecule has 1 N–H and O–H groups in total. The number of amides is 1. The van der Waals surface area contributed by atoms with Crippen molar-refractivity contribution >= 4 is 5.91 Å². The van der Waals surface area contributed by atoms with E-state index in [4.69, 9.17) is 4.74 Å². The minimum atomic E-state index is -0.141. The molecule has 1 heterocycles. The van der Waals surface area contributed by atoms with Crippen molar-refractivity contribution in [2.45, 2.75) is 33.3 Å². The standard InChI is InChI=1S/C12H24N2O2/c1-11(2,3)9-14(5)10(15)6-16-12(4)7-13-8-12/h13H,6-9H2,1-5H3. The summed E-state index contributed by atoms with van der Waals surface area (Å²) in [5.74, 6) is 0.0584. The van der Waals surface area contributed by atoms with Crippen molar-refractivity contribution in [2.75, 3.05) is 33.3 Å². The van der Waals surface area contributed by atoms with Crippen molar-refractivity contribution in [2.24, 2.45) is 5.41 Å². The van der Waals surface area contributed by atoms with E-state index in [0.717, 1.165) is 19.6 Å². The van der Waals surface area contributed by atoms with Crippen LogP contribution >= 0.6 is 0 Å². The van der Waals surface area contributed by atoms with Crippen LogP contribution in [0.2, 0.25) is 0 Å². The highest BCUT2D eigenvalue weighted by atomic mass is 16.5. The molecule has 0 atom stereocenters. The molecule has 16 heavy (non-hydrogen) atoms. The fourth-order valence-corrected chi connectivity index (χ4v) is 1.72. The molecule has 1 aliphatic heterocycles. The van der Waals surface area contributed by atoms with E-state index in [9.17, 15) is 4.79 Å². The van der Waals surface area contributed by atoms with Crippen LogP contribution in [0.25, 0.3) is 0 Å². The van der Waals surface area contributed by atoms with E-state index in [0.29, 0.717) is 0 Å². The van der Waals surface area contributed by atoms with Crippen LogP contribution in [-0.4, -0.2) is 49.7 Å². The van der Waals surface area contributed by atoms with Gasteiger partial charge < -0.3 is 15.0 Å². The van der Waals surface area contributed by atoms with E-state index in [-0.39, 0.29) is 23.5 Å². The van der Waals surface area contributed by atoms with Gasteiger partial charge in [0.25, 0.3) is 0 Å². The number of nitrogens with one attached hydrogen (secondary N) is 1. The minimum absolute atomic E-state index is 0.0584. The number of rotatable bonds is 4. The zero-order valence-electron chi connectivity index (χ0n) is 11.1. The Morgan fingerprint density at radius 1 is 1.44 bits per heavy atom. The molecular formula is C12H24N2O2. The zero-order chi connectivity index (χ0) is 12.4. The lowest BCUT2D eigenvalue weighted by atomic mass is 9.96. The molecule has 0 aromatic carbocycles. The maximum Gasteiger partial charge on any atom is 0.248 e. The number of likely N-dealkylation sites (N-methyl/N-ethyl adjacent to an activating group) is 1. The summed E-state index contributed by atoms with van der Waals surface area (Å²) in [4.78, 5) is 13.5. The van der Waals surface area contributed by atoms with Gasteiger partial charge in [0.15, 0.2) is 0 Å². The van der Waals surface area contributed by atoms with E-state index in [1.54, 1.807) is 4.90 Å². The molecule has 94 valence electrons. The van der Waals surface area contributed by atoms with Crippen molar-refractivity contribution in [3.05, 3.63) is 0 Å². The minimum Gasteiger partial charge on any atom is -0.363 e. The highest BCUT2D eigenvalue weighted by Gasteiger charge is 2.33. The van der Waals surface area contributed by atoms with Crippen molar-refractivity contribution in [1.82, 2.24) is 10.2 Å². The number of hydrogen-bond donors (Lipinski definition) is 1. The first-order chi connectivity index (χ1) is 7.22. The van der Waals surface area contributed by atoms with Crippen LogP contribution < -0.4 is 5.32 Å². The van der Waals surface area contributed by atoms with Gasteiger partial charge in [0, 0.05) is 26.7 Å². The van der Waals surface area contributed by atoms with Gasteiger partial charge in [0.1, 0.15) is 6.61 Å². The lowest BCUT2D eigenvalue weighted by Gasteiger charge is -2.39. The van der Waals surface area contributed by atoms with E-state index < -0.39 is 0 Å². The first-order valence-electron chi connectivity index (χ1n) is 5.81. The monoisotopic (exact) mass is 228 g/mol. The Morgan fingerprint density at radius 3 is 2.38 bits per heavy atom. The van der Waals surface area contributed by atoms with Crippen molar-refractivity contribution in [3.63, 3.8) is 0 Å². The van der Waals surface area contributed by atoms with Crippen LogP contribution in [0.15, 0.2) is 0 Å². The summed E-state index contributed by atoms with van der Waals surface area (Å²) in [5.41, 5.74) is -0.00936. The summed E-state index contributed by atoms with van der Waals surface area (Å²) in [7, 11) is 1.83. The molecule has 0 unspecified atom stereocenters. The third-order valence-electron chi connectivity index (χ3n) is 2.68. The van der Waals surface area contributed by atoms with Gasteiger partial charge in [-0.2, -0.15) is 0 Å². The molecule has 1 aliphatic rings. The Kier molecular flexibility index (Phi) is 3.97. The molecule has 0 saturated carbocycles. The molecule has 0 aromatic heterocycles. The third-order valence-corrected chi connectivity index (χ3v) is 2.68. The van der Waals surface area contributed by atoms with Crippen LogP contribution in [0.5, 0.6) is 0 Å². The predicted octanol–water partition coefficient (Wildman–Crippen LogP) is 0.869. The van der Waals surface area contributed by atoms with Crippen LogP contribution in [0.1, 0.15) is 27.7 Å². The fourth-order valence-electron chi connectivity index (χ4n) is 1.72. The highest BCUT2D eigenvalue weighted by molar-refractivity contribution is 5.77. The summed E-state index contributed by atoms with van der Waals surface area (Å²) in [6.45, 7) is 11.0. The maximum absolute atomic E-state index is 11.8. The highest BCUT2D eigenvalue weighted by Crippen LogP contribution is 2.17. The Labute approximate surface area is 98.3 Å². The molecule has 0 spiro atoms. The van der Waals surface area contributed by atoms with Gasteiger partial charge in [-0.1, -0.05) is 20.8 Å². The summed E-state index contributed by atoms with van der Waals surface area (Å²) in [5, 5.41) is 3.14. The van der Waals surface area contributed by atoms with E-state index in [1.165, 1.54) is 0 Å². The van der Waals surface area contributed by atoms with Crippen molar-refractivity contribution < 1.29 is 9.53 Å². The smallest absolute Gasteiger partial charge is 0.248 e. The summed E-state index contributed by atoms with van der Waals surface area (Å²) < 4.78 is 5.61. The van der Waals surface area contributed by atoms with Gasteiger partial charge in [0.05, 0.1) is 5.60 Å². The van der Waals surface area contributed by atoms with E-state index in [1.807, 2.05) is 14.0 Å². The lowest BCUT2D eigenvalue weighted by molar-refractivity contribution is -0.145. The normalized spacial score (nSPS) is 19.1. The van der Waals surface area contributed by atoms with Crippen LogP contribution in [0, 0.1) is 5.41 Å². The molecule has 1 rings (SSSR count). The molecule has 0 aromatic rings. The van der Waals surface area contributed by atoms with Crippen molar-refractivity contribution in [3.8, 4) is 0 Å². The number of hydrogen-bond acceptors (Lipinski definition) is 3. The van der Waals surface area contributed by atoms with Gasteiger partial charge in [-0.15, -0.1) is 0 Å². The summed E-state index contributed by atoms with van der Waals surface area (Å²) >= 11 is 0. The van der Waals surface area contributed by atoms with Crippen LogP contribution in [0.4, 0.5) is 0 Å². The first-order valence-corrected chi connectivity index (χ1v) is 5.81. The second-order valence-electron chi connectivity index (χ2n) is 6.15. The maximum atomic E-state index is 11.8. The van der Waals surface area contributed by atoms with Gasteiger partial charge in [0.2, 0.25) is 5.91 Å². The van der Waals surface area contributed by atoms with Gasteiger partial charge in [-0.25, -0.2) is 0 Å². The fraction of sp³-hybridized carbons (Fsp3) is 0.917. The summed E-state index contributed by atoms with van der Waals surface area (Å²) in [6, 6.07) is 0. The predicted molar refractivity (Wildman–Crippen MR) is 64.3 cm³/mol. The third kappa shape index (κ3) is 4.10. The number of ether oxygens (including phenoxy) is 1. The molecule has 0 radical (unpaired) electrons. The second-order valence-corrected chi connectivity index (χ2v) is 6.15. The second kappa shape index (κ2) is 4.72. The van der Waals surface area contributed by atoms with Crippen LogP contribution in [-0.2, 0) is 9.53 Å². The Bertz CT molecular complexity index is 254. The number of carbonyl (C=O) groups is 1. The Morgan fingerprint density at radius 2 is 2.00 bits per heavy atom. The number of carbonyl (C=O) groups excluding carboxylic acids is 1. The molecule has 4 heteroatoms. The average Bonchev–Trinajstić information content (AvgIpc) is 2.08.